The Labute approximate surface area is 119 Å². The summed E-state index contributed by atoms with van der Waals surface area (Å²) < 4.78 is 1.99. The quantitative estimate of drug-likeness (QED) is 0.719. The van der Waals surface area contributed by atoms with Crippen molar-refractivity contribution < 1.29 is 0 Å². The van der Waals surface area contributed by atoms with Gasteiger partial charge in [0.05, 0.1) is 5.69 Å². The zero-order valence-corrected chi connectivity index (χ0v) is 12.2. The summed E-state index contributed by atoms with van der Waals surface area (Å²) in [7, 11) is 0. The Morgan fingerprint density at radius 2 is 2.00 bits per heavy atom. The van der Waals surface area contributed by atoms with E-state index in [1.165, 1.54) is 5.56 Å². The molecule has 0 bridgehead atoms. The van der Waals surface area contributed by atoms with Gasteiger partial charge in [0.25, 0.3) is 0 Å². The smallest absolute Gasteiger partial charge is 0.234 e. The average molecular weight is 265 g/mol. The van der Waals surface area contributed by atoms with Crippen molar-refractivity contribution in [1.29, 1.82) is 0 Å². The molecule has 3 nitrogen and oxygen atoms in total. The Bertz CT molecular complexity index is 741. The summed E-state index contributed by atoms with van der Waals surface area (Å²) in [6.07, 6.45) is 5.08. The predicted octanol–water partition coefficient (Wildman–Crippen LogP) is 3.90. The molecule has 0 saturated carbocycles. The van der Waals surface area contributed by atoms with Gasteiger partial charge in [0.15, 0.2) is 0 Å². The third kappa shape index (κ3) is 2.57. The first kappa shape index (κ1) is 12.9. The van der Waals surface area contributed by atoms with Crippen LogP contribution in [0.25, 0.3) is 17.0 Å². The lowest BCUT2D eigenvalue weighted by molar-refractivity contribution is 0.635. The number of fused-ring (bicyclic) bond motifs is 1. The second kappa shape index (κ2) is 5.08. The van der Waals surface area contributed by atoms with Crippen molar-refractivity contribution in [2.45, 2.75) is 27.2 Å². The Morgan fingerprint density at radius 1 is 1.15 bits per heavy atom. The Kier molecular flexibility index (Phi) is 3.26. The Balaban J connectivity index is 2.02. The maximum Gasteiger partial charge on any atom is 0.234 e. The molecule has 1 aromatic carbocycles. The Hall–Kier alpha value is -2.16. The van der Waals surface area contributed by atoms with Crippen LogP contribution < -0.4 is 0 Å². The number of imidazole rings is 1. The summed E-state index contributed by atoms with van der Waals surface area (Å²) in [5, 5.41) is 0. The van der Waals surface area contributed by atoms with Gasteiger partial charge >= 0.3 is 0 Å². The van der Waals surface area contributed by atoms with E-state index in [-0.39, 0.29) is 0 Å². The fraction of sp³-hybridized carbons (Fsp3) is 0.294. The molecule has 2 heterocycles. The van der Waals surface area contributed by atoms with Gasteiger partial charge in [-0.25, -0.2) is 9.97 Å². The van der Waals surface area contributed by atoms with E-state index in [4.69, 9.17) is 0 Å². The summed E-state index contributed by atoms with van der Waals surface area (Å²) in [5.74, 6) is 1.39. The van der Waals surface area contributed by atoms with Crippen LogP contribution in [0.15, 0.2) is 42.7 Å². The number of benzene rings is 1. The molecule has 0 radical (unpaired) electrons. The van der Waals surface area contributed by atoms with Crippen LogP contribution in [-0.4, -0.2) is 14.4 Å². The standard InChI is InChI=1S/C17H19N3/c1-12(2)9-15-7-8-20-11-16(19-17(20)18-15)14-6-4-5-13(3)10-14/h4-8,10-12H,9H2,1-3H3. The van der Waals surface area contributed by atoms with Crippen molar-refractivity contribution in [2.24, 2.45) is 5.92 Å². The normalized spacial score (nSPS) is 11.4. The van der Waals surface area contributed by atoms with Gasteiger partial charge in [0, 0.05) is 23.7 Å². The van der Waals surface area contributed by atoms with Crippen molar-refractivity contribution in [1.82, 2.24) is 14.4 Å². The fourth-order valence-corrected chi connectivity index (χ4v) is 2.38. The summed E-state index contributed by atoms with van der Waals surface area (Å²) in [5.41, 5.74) is 4.46. The van der Waals surface area contributed by atoms with Crippen LogP contribution in [0, 0.1) is 12.8 Å². The molecular formula is C17H19N3. The lowest BCUT2D eigenvalue weighted by atomic mass is 10.1. The molecule has 0 N–H and O–H groups in total. The lowest BCUT2D eigenvalue weighted by Gasteiger charge is -2.03. The molecule has 0 spiro atoms. The molecule has 2 aromatic heterocycles. The van der Waals surface area contributed by atoms with Crippen molar-refractivity contribution >= 4 is 5.78 Å². The number of nitrogens with zero attached hydrogens (tertiary/aromatic N) is 3. The molecule has 20 heavy (non-hydrogen) atoms. The second-order valence-corrected chi connectivity index (χ2v) is 5.72. The lowest BCUT2D eigenvalue weighted by Crippen LogP contribution is -1.99. The molecule has 0 fully saturated rings. The molecule has 0 aliphatic carbocycles. The molecule has 3 heteroatoms. The van der Waals surface area contributed by atoms with E-state index in [1.807, 2.05) is 16.8 Å². The van der Waals surface area contributed by atoms with Gasteiger partial charge in [-0.1, -0.05) is 37.6 Å². The molecular weight excluding hydrogens is 246 g/mol. The van der Waals surface area contributed by atoms with Gasteiger partial charge in [-0.3, -0.25) is 4.40 Å². The number of hydrogen-bond donors (Lipinski definition) is 0. The molecule has 102 valence electrons. The van der Waals surface area contributed by atoms with Crippen LogP contribution >= 0.6 is 0 Å². The number of rotatable bonds is 3. The zero-order chi connectivity index (χ0) is 14.1. The highest BCUT2D eigenvalue weighted by molar-refractivity contribution is 5.62. The van der Waals surface area contributed by atoms with Crippen LogP contribution in [0.1, 0.15) is 25.1 Å². The minimum atomic E-state index is 0.608. The minimum absolute atomic E-state index is 0.608. The number of aromatic nitrogens is 3. The monoisotopic (exact) mass is 265 g/mol. The first-order valence-corrected chi connectivity index (χ1v) is 7.03. The van der Waals surface area contributed by atoms with Gasteiger partial charge in [0.2, 0.25) is 5.78 Å². The first-order chi connectivity index (χ1) is 9.61. The van der Waals surface area contributed by atoms with Gasteiger partial charge in [-0.05, 0) is 31.4 Å². The van der Waals surface area contributed by atoms with Crippen LogP contribution in [-0.2, 0) is 6.42 Å². The van der Waals surface area contributed by atoms with Crippen molar-refractivity contribution in [2.75, 3.05) is 0 Å². The first-order valence-electron chi connectivity index (χ1n) is 7.03. The molecule has 0 amide bonds. The molecule has 3 rings (SSSR count). The van der Waals surface area contributed by atoms with Crippen LogP contribution in [0.2, 0.25) is 0 Å². The van der Waals surface area contributed by atoms with E-state index in [0.29, 0.717) is 5.92 Å². The molecule has 0 unspecified atom stereocenters. The van der Waals surface area contributed by atoms with Crippen molar-refractivity contribution in [3.05, 3.63) is 54.0 Å². The molecule has 0 atom stereocenters. The summed E-state index contributed by atoms with van der Waals surface area (Å²) >= 11 is 0. The maximum absolute atomic E-state index is 4.64. The van der Waals surface area contributed by atoms with Crippen LogP contribution in [0.4, 0.5) is 0 Å². The fourth-order valence-electron chi connectivity index (χ4n) is 2.38. The van der Waals surface area contributed by atoms with Crippen molar-refractivity contribution in [3.63, 3.8) is 0 Å². The topological polar surface area (TPSA) is 30.2 Å². The highest BCUT2D eigenvalue weighted by atomic mass is 15.1. The van der Waals surface area contributed by atoms with Crippen molar-refractivity contribution in [3.8, 4) is 11.3 Å². The van der Waals surface area contributed by atoms with E-state index in [9.17, 15) is 0 Å². The molecule has 3 aromatic rings. The van der Waals surface area contributed by atoms with Gasteiger partial charge in [-0.15, -0.1) is 0 Å². The zero-order valence-electron chi connectivity index (χ0n) is 12.2. The van der Waals surface area contributed by atoms with Crippen LogP contribution in [0.3, 0.4) is 0 Å². The SMILES string of the molecule is Cc1cccc(-c2cn3ccc(CC(C)C)nc3n2)c1. The van der Waals surface area contributed by atoms with E-state index >= 15 is 0 Å². The second-order valence-electron chi connectivity index (χ2n) is 5.72. The van der Waals surface area contributed by atoms with E-state index in [2.05, 4.69) is 61.1 Å². The van der Waals surface area contributed by atoms with E-state index < -0.39 is 0 Å². The largest absolute Gasteiger partial charge is 0.291 e. The summed E-state index contributed by atoms with van der Waals surface area (Å²) in [6.45, 7) is 6.50. The molecule has 0 saturated heterocycles. The number of hydrogen-bond acceptors (Lipinski definition) is 2. The van der Waals surface area contributed by atoms with Gasteiger partial charge in [0.1, 0.15) is 0 Å². The van der Waals surface area contributed by atoms with E-state index in [1.54, 1.807) is 0 Å². The summed E-state index contributed by atoms with van der Waals surface area (Å²) in [6, 6.07) is 10.5. The average Bonchev–Trinajstić information content (AvgIpc) is 2.81. The third-order valence-corrected chi connectivity index (χ3v) is 3.32. The van der Waals surface area contributed by atoms with Gasteiger partial charge in [-0.2, -0.15) is 0 Å². The van der Waals surface area contributed by atoms with Gasteiger partial charge < -0.3 is 0 Å². The Morgan fingerprint density at radius 3 is 2.75 bits per heavy atom. The van der Waals surface area contributed by atoms with E-state index in [0.717, 1.165) is 29.1 Å². The minimum Gasteiger partial charge on any atom is -0.291 e. The molecule has 0 aliphatic rings. The van der Waals surface area contributed by atoms with Crippen LogP contribution in [0.5, 0.6) is 0 Å². The highest BCUT2D eigenvalue weighted by Gasteiger charge is 2.07. The predicted molar refractivity (Wildman–Crippen MR) is 81.7 cm³/mol. The highest BCUT2D eigenvalue weighted by Crippen LogP contribution is 2.20. The maximum atomic E-state index is 4.64. The number of aryl methyl sites for hydroxylation is 1. The molecule has 0 aliphatic heterocycles. The third-order valence-electron chi connectivity index (χ3n) is 3.32. The summed E-state index contributed by atoms with van der Waals surface area (Å²) in [4.78, 5) is 9.28.